The maximum atomic E-state index is 11.6. The van der Waals surface area contributed by atoms with Crippen molar-refractivity contribution in [3.8, 4) is 22.8 Å². The molecule has 0 aliphatic carbocycles. The fourth-order valence-corrected chi connectivity index (χ4v) is 3.23. The molecule has 1 aromatic carbocycles. The molecule has 0 radical (unpaired) electrons. The standard InChI is InChI=1S/C18H19ClN4O3S/c1-3-27(24,25)21-11-13-4-6-14(7-5-13)16-10-17(19)22-23(16)15-8-9-18(26-2)20-12-15/h4-10,12,21H,3,11H2,1-2H3. The maximum absolute atomic E-state index is 11.6. The number of rotatable bonds is 7. The summed E-state index contributed by atoms with van der Waals surface area (Å²) in [7, 11) is -1.67. The van der Waals surface area contributed by atoms with Gasteiger partial charge in [-0.1, -0.05) is 35.9 Å². The van der Waals surface area contributed by atoms with Gasteiger partial charge in [0.25, 0.3) is 0 Å². The van der Waals surface area contributed by atoms with Crippen LogP contribution in [0.15, 0.2) is 48.7 Å². The lowest BCUT2D eigenvalue weighted by Gasteiger charge is -2.09. The summed E-state index contributed by atoms with van der Waals surface area (Å²) >= 11 is 6.12. The second-order valence-electron chi connectivity index (χ2n) is 5.74. The Labute approximate surface area is 163 Å². The minimum Gasteiger partial charge on any atom is -0.481 e. The first-order chi connectivity index (χ1) is 12.9. The van der Waals surface area contributed by atoms with Crippen LogP contribution in [-0.2, 0) is 16.6 Å². The van der Waals surface area contributed by atoms with Gasteiger partial charge in [-0.05, 0) is 18.6 Å². The SMILES string of the molecule is CCS(=O)(=O)NCc1ccc(-c2cc(Cl)nn2-c2ccc(OC)nc2)cc1. The molecule has 0 amide bonds. The van der Waals surface area contributed by atoms with Crippen molar-refractivity contribution in [2.24, 2.45) is 0 Å². The van der Waals surface area contributed by atoms with Crippen LogP contribution >= 0.6 is 11.6 Å². The minimum absolute atomic E-state index is 0.0542. The molecule has 0 saturated carbocycles. The number of benzene rings is 1. The quantitative estimate of drug-likeness (QED) is 0.651. The summed E-state index contributed by atoms with van der Waals surface area (Å²) in [6.45, 7) is 1.85. The lowest BCUT2D eigenvalue weighted by atomic mass is 10.1. The molecule has 3 aromatic rings. The summed E-state index contributed by atoms with van der Waals surface area (Å²) in [5.74, 6) is 0.566. The van der Waals surface area contributed by atoms with E-state index >= 15 is 0 Å². The third-order valence-electron chi connectivity index (χ3n) is 3.98. The molecular formula is C18H19ClN4O3S. The Morgan fingerprint density at radius 2 is 1.93 bits per heavy atom. The van der Waals surface area contributed by atoms with Gasteiger partial charge in [0.15, 0.2) is 5.15 Å². The van der Waals surface area contributed by atoms with Crippen LogP contribution in [0.5, 0.6) is 5.88 Å². The van der Waals surface area contributed by atoms with Crippen molar-refractivity contribution in [2.75, 3.05) is 12.9 Å². The first-order valence-electron chi connectivity index (χ1n) is 8.24. The van der Waals surface area contributed by atoms with E-state index in [1.165, 1.54) is 0 Å². The molecule has 0 bridgehead atoms. The molecule has 0 atom stereocenters. The Hall–Kier alpha value is -2.42. The molecule has 3 rings (SSSR count). The lowest BCUT2D eigenvalue weighted by Crippen LogP contribution is -2.24. The van der Waals surface area contributed by atoms with Gasteiger partial charge in [-0.2, -0.15) is 5.10 Å². The number of hydrogen-bond acceptors (Lipinski definition) is 5. The normalized spacial score (nSPS) is 11.5. The van der Waals surface area contributed by atoms with Gasteiger partial charge in [0.1, 0.15) is 0 Å². The summed E-state index contributed by atoms with van der Waals surface area (Å²) in [5, 5.41) is 4.69. The Morgan fingerprint density at radius 1 is 1.19 bits per heavy atom. The highest BCUT2D eigenvalue weighted by atomic mass is 35.5. The van der Waals surface area contributed by atoms with Gasteiger partial charge in [-0.25, -0.2) is 22.8 Å². The molecule has 0 unspecified atom stereocenters. The van der Waals surface area contributed by atoms with Gasteiger partial charge < -0.3 is 4.74 Å². The van der Waals surface area contributed by atoms with Crippen LogP contribution in [-0.4, -0.2) is 36.0 Å². The summed E-state index contributed by atoms with van der Waals surface area (Å²) < 4.78 is 32.4. The predicted octanol–water partition coefficient (Wildman–Crippen LogP) is 3.04. The van der Waals surface area contributed by atoms with E-state index in [0.29, 0.717) is 11.0 Å². The van der Waals surface area contributed by atoms with Crippen LogP contribution < -0.4 is 9.46 Å². The number of methoxy groups -OCH3 is 1. The van der Waals surface area contributed by atoms with Crippen molar-refractivity contribution in [3.05, 3.63) is 59.4 Å². The zero-order chi connectivity index (χ0) is 19.4. The van der Waals surface area contributed by atoms with Crippen molar-refractivity contribution < 1.29 is 13.2 Å². The van der Waals surface area contributed by atoms with Gasteiger partial charge in [-0.3, -0.25) is 0 Å². The number of nitrogens with one attached hydrogen (secondary N) is 1. The first-order valence-corrected chi connectivity index (χ1v) is 10.3. The van der Waals surface area contributed by atoms with Gasteiger partial charge in [-0.15, -0.1) is 0 Å². The highest BCUT2D eigenvalue weighted by Crippen LogP contribution is 2.26. The van der Waals surface area contributed by atoms with Crippen LogP contribution in [0.1, 0.15) is 12.5 Å². The second kappa shape index (κ2) is 8.08. The fraction of sp³-hybridized carbons (Fsp3) is 0.222. The van der Waals surface area contributed by atoms with E-state index in [1.54, 1.807) is 37.0 Å². The molecule has 1 N–H and O–H groups in total. The number of sulfonamides is 1. The van der Waals surface area contributed by atoms with Gasteiger partial charge >= 0.3 is 0 Å². The monoisotopic (exact) mass is 406 g/mol. The number of ether oxygens (including phenoxy) is 1. The molecular weight excluding hydrogens is 388 g/mol. The molecule has 7 nitrogen and oxygen atoms in total. The molecule has 27 heavy (non-hydrogen) atoms. The van der Waals surface area contributed by atoms with E-state index in [0.717, 1.165) is 22.5 Å². The number of aromatic nitrogens is 3. The van der Waals surface area contributed by atoms with Crippen LogP contribution in [0.4, 0.5) is 0 Å². The maximum Gasteiger partial charge on any atom is 0.213 e. The zero-order valence-electron chi connectivity index (χ0n) is 14.9. The molecule has 142 valence electrons. The van der Waals surface area contributed by atoms with E-state index in [4.69, 9.17) is 16.3 Å². The largest absolute Gasteiger partial charge is 0.481 e. The van der Waals surface area contributed by atoms with E-state index in [9.17, 15) is 8.42 Å². The molecule has 2 heterocycles. The van der Waals surface area contributed by atoms with Crippen molar-refractivity contribution in [1.29, 1.82) is 0 Å². The van der Waals surface area contributed by atoms with Crippen molar-refractivity contribution in [3.63, 3.8) is 0 Å². The molecule has 2 aromatic heterocycles. The topological polar surface area (TPSA) is 86.1 Å². The smallest absolute Gasteiger partial charge is 0.213 e. The van der Waals surface area contributed by atoms with Crippen LogP contribution in [0.25, 0.3) is 16.9 Å². The number of hydrogen-bond donors (Lipinski definition) is 1. The summed E-state index contributed by atoms with van der Waals surface area (Å²) in [6, 6.07) is 12.9. The third kappa shape index (κ3) is 4.65. The Bertz CT molecular complexity index is 1020. The molecule has 0 spiro atoms. The predicted molar refractivity (Wildman–Crippen MR) is 105 cm³/mol. The van der Waals surface area contributed by atoms with Gasteiger partial charge in [0.2, 0.25) is 15.9 Å². The van der Waals surface area contributed by atoms with Gasteiger partial charge in [0.05, 0.1) is 30.4 Å². The number of halogens is 1. The third-order valence-corrected chi connectivity index (χ3v) is 5.51. The molecule has 0 aliphatic rings. The first kappa shape index (κ1) is 19.3. The molecule has 0 fully saturated rings. The van der Waals surface area contributed by atoms with Crippen molar-refractivity contribution >= 4 is 21.6 Å². The minimum atomic E-state index is -3.22. The van der Waals surface area contributed by atoms with E-state index in [-0.39, 0.29) is 12.3 Å². The van der Waals surface area contributed by atoms with Crippen molar-refractivity contribution in [2.45, 2.75) is 13.5 Å². The average molecular weight is 407 g/mol. The van der Waals surface area contributed by atoms with Gasteiger partial charge in [0, 0.05) is 24.2 Å². The zero-order valence-corrected chi connectivity index (χ0v) is 16.5. The summed E-state index contributed by atoms with van der Waals surface area (Å²) in [5.41, 5.74) is 3.30. The number of pyridine rings is 1. The number of nitrogens with zero attached hydrogens (tertiary/aromatic N) is 3. The van der Waals surface area contributed by atoms with Crippen molar-refractivity contribution in [1.82, 2.24) is 19.5 Å². The molecule has 0 saturated heterocycles. The van der Waals surface area contributed by atoms with E-state index in [1.807, 2.05) is 30.3 Å². The van der Waals surface area contributed by atoms with Crippen LogP contribution in [0, 0.1) is 0 Å². The van der Waals surface area contributed by atoms with Crippen LogP contribution in [0.2, 0.25) is 5.15 Å². The second-order valence-corrected chi connectivity index (χ2v) is 8.23. The Balaban J connectivity index is 1.86. The summed E-state index contributed by atoms with van der Waals surface area (Å²) in [6.07, 6.45) is 1.65. The van der Waals surface area contributed by atoms with E-state index in [2.05, 4.69) is 14.8 Å². The lowest BCUT2D eigenvalue weighted by molar-refractivity contribution is 0.397. The molecule has 0 aliphatic heterocycles. The van der Waals surface area contributed by atoms with Crippen LogP contribution in [0.3, 0.4) is 0 Å². The fourth-order valence-electron chi connectivity index (χ4n) is 2.46. The molecule has 9 heteroatoms. The highest BCUT2D eigenvalue weighted by molar-refractivity contribution is 7.89. The average Bonchev–Trinajstić information content (AvgIpc) is 3.08. The highest BCUT2D eigenvalue weighted by Gasteiger charge is 2.12. The Kier molecular flexibility index (Phi) is 5.79. The Morgan fingerprint density at radius 3 is 2.52 bits per heavy atom. The van der Waals surface area contributed by atoms with E-state index < -0.39 is 10.0 Å². The summed E-state index contributed by atoms with van der Waals surface area (Å²) in [4.78, 5) is 4.20.